The van der Waals surface area contributed by atoms with Crippen molar-refractivity contribution in [2.75, 3.05) is 7.11 Å². The lowest BCUT2D eigenvalue weighted by Gasteiger charge is -1.98. The Hall–Kier alpha value is -1.77. The summed E-state index contributed by atoms with van der Waals surface area (Å²) in [5.41, 5.74) is 2.99. The van der Waals surface area contributed by atoms with Crippen LogP contribution in [0.5, 0.6) is 5.75 Å². The molecule has 72 valence electrons. The lowest BCUT2D eigenvalue weighted by atomic mass is 10.1. The van der Waals surface area contributed by atoms with E-state index in [0.29, 0.717) is 0 Å². The molecule has 0 unspecified atom stereocenters. The molecule has 1 aromatic carbocycles. The number of fused-ring (bicyclic) bond motifs is 1. The van der Waals surface area contributed by atoms with E-state index in [4.69, 9.17) is 10.1 Å². The van der Waals surface area contributed by atoms with Crippen molar-refractivity contribution in [1.29, 1.82) is 5.41 Å². The minimum atomic E-state index is 0.819. The van der Waals surface area contributed by atoms with Crippen molar-refractivity contribution in [2.45, 2.75) is 6.92 Å². The summed E-state index contributed by atoms with van der Waals surface area (Å²) in [5.74, 6) is 0.819. The predicted molar refractivity (Wildman–Crippen MR) is 57.5 cm³/mol. The monoisotopic (exact) mass is 188 g/mol. The first-order valence-corrected chi connectivity index (χ1v) is 4.43. The molecule has 2 N–H and O–H groups in total. The number of nitrogens with one attached hydrogen (secondary N) is 2. The Balaban J connectivity index is 2.77. The normalized spacial score (nSPS) is 10.4. The summed E-state index contributed by atoms with van der Waals surface area (Å²) in [5, 5.41) is 8.36. The molecule has 2 aromatic rings. The number of benzene rings is 1. The highest BCUT2D eigenvalue weighted by Crippen LogP contribution is 2.24. The molecule has 2 rings (SSSR count). The zero-order chi connectivity index (χ0) is 10.1. The summed E-state index contributed by atoms with van der Waals surface area (Å²) < 4.78 is 5.14. The number of ether oxygens (including phenoxy) is 1. The molecule has 0 spiro atoms. The van der Waals surface area contributed by atoms with Gasteiger partial charge >= 0.3 is 0 Å². The Morgan fingerprint density at radius 2 is 2.21 bits per heavy atom. The second-order valence-electron chi connectivity index (χ2n) is 3.22. The van der Waals surface area contributed by atoms with Gasteiger partial charge in [0.05, 0.1) is 7.11 Å². The van der Waals surface area contributed by atoms with E-state index in [0.717, 1.165) is 27.9 Å². The van der Waals surface area contributed by atoms with Gasteiger partial charge in [-0.05, 0) is 25.1 Å². The van der Waals surface area contributed by atoms with Crippen molar-refractivity contribution in [1.82, 2.24) is 4.98 Å². The molecule has 0 saturated heterocycles. The first-order valence-electron chi connectivity index (χ1n) is 4.43. The highest BCUT2D eigenvalue weighted by Gasteiger charge is 2.06. The van der Waals surface area contributed by atoms with Crippen LogP contribution in [0.25, 0.3) is 10.9 Å². The fourth-order valence-corrected chi connectivity index (χ4v) is 1.64. The number of H-pyrrole nitrogens is 1. The van der Waals surface area contributed by atoms with Crippen LogP contribution >= 0.6 is 0 Å². The molecule has 3 nitrogen and oxygen atoms in total. The second-order valence-corrected chi connectivity index (χ2v) is 3.22. The third-order valence-corrected chi connectivity index (χ3v) is 2.39. The average Bonchev–Trinajstić information content (AvgIpc) is 2.52. The number of aromatic amines is 1. The van der Waals surface area contributed by atoms with Gasteiger partial charge in [0.2, 0.25) is 0 Å². The third kappa shape index (κ3) is 1.18. The van der Waals surface area contributed by atoms with E-state index >= 15 is 0 Å². The van der Waals surface area contributed by atoms with Gasteiger partial charge in [0.1, 0.15) is 5.75 Å². The summed E-state index contributed by atoms with van der Waals surface area (Å²) in [4.78, 5) is 3.22. The minimum Gasteiger partial charge on any atom is -0.497 e. The maximum Gasteiger partial charge on any atom is 0.119 e. The molecule has 0 saturated carbocycles. The van der Waals surface area contributed by atoms with Crippen molar-refractivity contribution in [3.8, 4) is 5.75 Å². The van der Waals surface area contributed by atoms with Gasteiger partial charge in [-0.1, -0.05) is 0 Å². The Bertz CT molecular complexity index is 485. The number of hydrogen-bond acceptors (Lipinski definition) is 2. The molecule has 14 heavy (non-hydrogen) atoms. The summed E-state index contributed by atoms with van der Waals surface area (Å²) in [6.07, 6.45) is 1.37. The Morgan fingerprint density at radius 1 is 1.43 bits per heavy atom. The molecular weight excluding hydrogens is 176 g/mol. The van der Waals surface area contributed by atoms with Crippen molar-refractivity contribution in [2.24, 2.45) is 0 Å². The smallest absolute Gasteiger partial charge is 0.119 e. The van der Waals surface area contributed by atoms with Gasteiger partial charge in [-0.15, -0.1) is 0 Å². The maximum absolute atomic E-state index is 7.33. The van der Waals surface area contributed by atoms with Crippen LogP contribution in [0.15, 0.2) is 18.2 Å². The Labute approximate surface area is 82.2 Å². The lowest BCUT2D eigenvalue weighted by molar-refractivity contribution is 0.415. The maximum atomic E-state index is 7.33. The zero-order valence-corrected chi connectivity index (χ0v) is 8.22. The zero-order valence-electron chi connectivity index (χ0n) is 8.22. The van der Waals surface area contributed by atoms with E-state index in [9.17, 15) is 0 Å². The Morgan fingerprint density at radius 3 is 2.86 bits per heavy atom. The van der Waals surface area contributed by atoms with E-state index in [-0.39, 0.29) is 0 Å². The van der Waals surface area contributed by atoms with Crippen LogP contribution in [0.3, 0.4) is 0 Å². The van der Waals surface area contributed by atoms with Crippen LogP contribution in [0, 0.1) is 12.3 Å². The molecule has 1 aromatic heterocycles. The molecule has 3 heteroatoms. The van der Waals surface area contributed by atoms with Crippen LogP contribution in [0.2, 0.25) is 0 Å². The quantitative estimate of drug-likeness (QED) is 0.699. The number of methoxy groups -OCH3 is 1. The number of rotatable bonds is 2. The molecule has 1 heterocycles. The van der Waals surface area contributed by atoms with Crippen molar-refractivity contribution in [3.05, 3.63) is 29.5 Å². The van der Waals surface area contributed by atoms with Crippen LogP contribution in [0.1, 0.15) is 11.3 Å². The van der Waals surface area contributed by atoms with Crippen LogP contribution < -0.4 is 4.74 Å². The summed E-state index contributed by atoms with van der Waals surface area (Å²) in [6.45, 7) is 1.97. The predicted octanol–water partition coefficient (Wildman–Crippen LogP) is 2.48. The fourth-order valence-electron chi connectivity index (χ4n) is 1.64. The number of hydrogen-bond donors (Lipinski definition) is 2. The first kappa shape index (κ1) is 8.81. The molecule has 0 amide bonds. The highest BCUT2D eigenvalue weighted by atomic mass is 16.5. The largest absolute Gasteiger partial charge is 0.497 e. The molecule has 0 atom stereocenters. The SMILES string of the molecule is COc1ccc2[nH]c(C)c(C=N)c2c1. The summed E-state index contributed by atoms with van der Waals surface area (Å²) >= 11 is 0. The van der Waals surface area contributed by atoms with Gasteiger partial charge in [0, 0.05) is 28.4 Å². The Kier molecular flexibility index (Phi) is 2.00. The van der Waals surface area contributed by atoms with Gasteiger partial charge in [0.15, 0.2) is 0 Å². The molecule has 0 radical (unpaired) electrons. The highest BCUT2D eigenvalue weighted by molar-refractivity contribution is 6.00. The van der Waals surface area contributed by atoms with Gasteiger partial charge in [-0.3, -0.25) is 0 Å². The standard InChI is InChI=1S/C11H12N2O/c1-7-10(6-12)9-5-8(14-2)3-4-11(9)13-7/h3-6,12-13H,1-2H3. The molecule has 0 aliphatic heterocycles. The van der Waals surface area contributed by atoms with Crippen LogP contribution in [-0.4, -0.2) is 18.3 Å². The number of aryl methyl sites for hydroxylation is 1. The van der Waals surface area contributed by atoms with E-state index in [1.807, 2.05) is 25.1 Å². The van der Waals surface area contributed by atoms with Gasteiger partial charge in [-0.2, -0.15) is 0 Å². The third-order valence-electron chi connectivity index (χ3n) is 2.39. The molecule has 0 bridgehead atoms. The van der Waals surface area contributed by atoms with E-state index < -0.39 is 0 Å². The average molecular weight is 188 g/mol. The minimum absolute atomic E-state index is 0.819. The van der Waals surface area contributed by atoms with Crippen molar-refractivity contribution >= 4 is 17.1 Å². The number of aromatic nitrogens is 1. The van der Waals surface area contributed by atoms with Crippen LogP contribution in [-0.2, 0) is 0 Å². The summed E-state index contributed by atoms with van der Waals surface area (Å²) in [6, 6.07) is 5.82. The van der Waals surface area contributed by atoms with Gasteiger partial charge in [0.25, 0.3) is 0 Å². The summed E-state index contributed by atoms with van der Waals surface area (Å²) in [7, 11) is 1.64. The van der Waals surface area contributed by atoms with Crippen molar-refractivity contribution in [3.63, 3.8) is 0 Å². The second kappa shape index (κ2) is 3.18. The molecule has 0 aliphatic rings. The molecule has 0 aliphatic carbocycles. The van der Waals surface area contributed by atoms with E-state index in [2.05, 4.69) is 4.98 Å². The van der Waals surface area contributed by atoms with Gasteiger partial charge < -0.3 is 15.1 Å². The van der Waals surface area contributed by atoms with Crippen molar-refractivity contribution < 1.29 is 4.74 Å². The van der Waals surface area contributed by atoms with E-state index in [1.165, 1.54) is 6.21 Å². The lowest BCUT2D eigenvalue weighted by Crippen LogP contribution is -1.83. The van der Waals surface area contributed by atoms with Crippen LogP contribution in [0.4, 0.5) is 0 Å². The molecule has 0 fully saturated rings. The molecular formula is C11H12N2O. The fraction of sp³-hybridized carbons (Fsp3) is 0.182. The van der Waals surface area contributed by atoms with Gasteiger partial charge in [-0.25, -0.2) is 0 Å². The van der Waals surface area contributed by atoms with E-state index in [1.54, 1.807) is 7.11 Å². The first-order chi connectivity index (χ1) is 6.76. The topological polar surface area (TPSA) is 48.9 Å².